The van der Waals surface area contributed by atoms with Crippen LogP contribution < -0.4 is 5.32 Å². The Labute approximate surface area is 124 Å². The molecule has 0 radical (unpaired) electrons. The maximum Gasteiger partial charge on any atom is 0.230 e. The summed E-state index contributed by atoms with van der Waals surface area (Å²) in [5.41, 5.74) is 3.57. The number of halogens is 1. The van der Waals surface area contributed by atoms with Gasteiger partial charge in [-0.05, 0) is 40.8 Å². The second-order valence-electron chi connectivity index (χ2n) is 4.28. The van der Waals surface area contributed by atoms with Crippen molar-refractivity contribution >= 4 is 45.6 Å². The molecule has 3 rings (SSSR count). The van der Waals surface area contributed by atoms with Gasteiger partial charge in [-0.1, -0.05) is 30.3 Å². The van der Waals surface area contributed by atoms with Crippen molar-refractivity contribution in [2.45, 2.75) is 6.42 Å². The first-order chi connectivity index (χ1) is 9.24. The Morgan fingerprint density at radius 3 is 2.63 bits per heavy atom. The van der Waals surface area contributed by atoms with Gasteiger partial charge < -0.3 is 5.32 Å². The second kappa shape index (κ2) is 5.13. The molecule has 0 atom stereocenters. The van der Waals surface area contributed by atoms with Gasteiger partial charge in [0, 0.05) is 14.8 Å². The molecule has 94 valence electrons. The van der Waals surface area contributed by atoms with E-state index in [-0.39, 0.29) is 5.91 Å². The number of fused-ring (bicyclic) bond motifs is 1. The molecule has 0 aromatic heterocycles. The van der Waals surface area contributed by atoms with Crippen LogP contribution in [0.5, 0.6) is 0 Å². The van der Waals surface area contributed by atoms with Gasteiger partial charge in [-0.15, -0.1) is 0 Å². The van der Waals surface area contributed by atoms with E-state index in [1.54, 1.807) is 0 Å². The largest absolute Gasteiger partial charge is 0.325 e. The molecule has 4 heteroatoms. The zero-order chi connectivity index (χ0) is 13.2. The number of carbonyl (C=O) groups excluding carboxylic acids is 1. The molecular weight excluding hydrogens is 351 g/mol. The first-order valence-electron chi connectivity index (χ1n) is 5.95. The Kier molecular flexibility index (Phi) is 3.33. The summed E-state index contributed by atoms with van der Waals surface area (Å²) in [5.74, 6) is -0.0108. The molecule has 1 aliphatic heterocycles. The Bertz CT molecular complexity index is 679. The van der Waals surface area contributed by atoms with Gasteiger partial charge in [0.15, 0.2) is 0 Å². The third-order valence-electron chi connectivity index (χ3n) is 2.95. The van der Waals surface area contributed by atoms with Gasteiger partial charge in [-0.3, -0.25) is 9.79 Å². The smallest absolute Gasteiger partial charge is 0.230 e. The summed E-state index contributed by atoms with van der Waals surface area (Å²) in [4.78, 5) is 16.4. The Hall–Kier alpha value is -1.69. The van der Waals surface area contributed by atoms with Crippen molar-refractivity contribution in [3.05, 3.63) is 57.7 Å². The van der Waals surface area contributed by atoms with E-state index in [9.17, 15) is 4.79 Å². The number of carbonyl (C=O) groups is 1. The molecule has 0 unspecified atom stereocenters. The predicted molar refractivity (Wildman–Crippen MR) is 85.0 cm³/mol. The summed E-state index contributed by atoms with van der Waals surface area (Å²) < 4.78 is 1.08. The highest BCUT2D eigenvalue weighted by Gasteiger charge is 2.20. The van der Waals surface area contributed by atoms with Crippen molar-refractivity contribution in [1.82, 2.24) is 0 Å². The van der Waals surface area contributed by atoms with E-state index in [2.05, 4.69) is 32.9 Å². The fourth-order valence-electron chi connectivity index (χ4n) is 2.07. The summed E-state index contributed by atoms with van der Waals surface area (Å²) in [5, 5.41) is 2.87. The van der Waals surface area contributed by atoms with Crippen molar-refractivity contribution in [1.29, 1.82) is 0 Å². The van der Waals surface area contributed by atoms with E-state index in [1.165, 1.54) is 0 Å². The van der Waals surface area contributed by atoms with Crippen molar-refractivity contribution in [2.75, 3.05) is 5.32 Å². The number of para-hydroxylation sites is 2. The summed E-state index contributed by atoms with van der Waals surface area (Å²) in [6.45, 7) is 0. The molecule has 0 saturated heterocycles. The Morgan fingerprint density at radius 1 is 1.05 bits per heavy atom. The average molecular weight is 362 g/mol. The molecule has 1 heterocycles. The van der Waals surface area contributed by atoms with Crippen LogP contribution in [0.3, 0.4) is 0 Å². The van der Waals surface area contributed by atoms with Crippen LogP contribution in [0.25, 0.3) is 0 Å². The minimum absolute atomic E-state index is 0.0108. The third-order valence-corrected chi connectivity index (χ3v) is 3.86. The standard InChI is InChI=1S/C15H11IN2O/c16-11-6-2-4-8-13(11)17-14-9-15(19)18-12-7-3-1-5-10(12)14/h1-8H,9H2,(H,18,19)/b17-14+. The van der Waals surface area contributed by atoms with Crippen molar-refractivity contribution < 1.29 is 4.79 Å². The third kappa shape index (κ3) is 2.53. The summed E-state index contributed by atoms with van der Waals surface area (Å²) in [7, 11) is 0. The maximum absolute atomic E-state index is 11.7. The minimum atomic E-state index is -0.0108. The molecule has 2 aromatic rings. The monoisotopic (exact) mass is 362 g/mol. The number of rotatable bonds is 1. The Morgan fingerprint density at radius 2 is 1.79 bits per heavy atom. The number of nitrogens with zero attached hydrogens (tertiary/aromatic N) is 1. The molecule has 3 nitrogen and oxygen atoms in total. The van der Waals surface area contributed by atoms with E-state index >= 15 is 0 Å². The average Bonchev–Trinajstić information content (AvgIpc) is 2.41. The van der Waals surface area contributed by atoms with Gasteiger partial charge in [0.2, 0.25) is 5.91 Å². The number of benzene rings is 2. The van der Waals surface area contributed by atoms with Crippen molar-refractivity contribution in [2.24, 2.45) is 4.99 Å². The molecule has 1 aliphatic rings. The summed E-state index contributed by atoms with van der Waals surface area (Å²) in [6.07, 6.45) is 0.321. The lowest BCUT2D eigenvalue weighted by Gasteiger charge is -2.18. The van der Waals surface area contributed by atoms with E-state index in [1.807, 2.05) is 48.5 Å². The predicted octanol–water partition coefficient (Wildman–Crippen LogP) is 3.75. The minimum Gasteiger partial charge on any atom is -0.325 e. The van der Waals surface area contributed by atoms with E-state index in [4.69, 9.17) is 0 Å². The highest BCUT2D eigenvalue weighted by molar-refractivity contribution is 14.1. The van der Waals surface area contributed by atoms with Crippen molar-refractivity contribution in [3.63, 3.8) is 0 Å². The highest BCUT2D eigenvalue weighted by Crippen LogP contribution is 2.27. The topological polar surface area (TPSA) is 41.5 Å². The highest BCUT2D eigenvalue weighted by atomic mass is 127. The first kappa shape index (κ1) is 12.3. The van der Waals surface area contributed by atoms with Crippen LogP contribution in [-0.4, -0.2) is 11.6 Å². The van der Waals surface area contributed by atoms with Crippen LogP contribution in [0.4, 0.5) is 11.4 Å². The van der Waals surface area contributed by atoms with Gasteiger partial charge in [0.05, 0.1) is 17.8 Å². The number of aliphatic imine (C=N–C) groups is 1. The fourth-order valence-corrected chi connectivity index (χ4v) is 2.58. The lowest BCUT2D eigenvalue weighted by atomic mass is 10.0. The number of anilines is 1. The van der Waals surface area contributed by atoms with Gasteiger partial charge in [0.1, 0.15) is 0 Å². The molecule has 0 fully saturated rings. The molecule has 0 bridgehead atoms. The normalized spacial score (nSPS) is 16.1. The second-order valence-corrected chi connectivity index (χ2v) is 5.44. The van der Waals surface area contributed by atoms with Gasteiger partial charge in [-0.25, -0.2) is 0 Å². The lowest BCUT2D eigenvalue weighted by Crippen LogP contribution is -2.24. The molecule has 0 saturated carbocycles. The number of hydrogen-bond donors (Lipinski definition) is 1. The molecular formula is C15H11IN2O. The zero-order valence-electron chi connectivity index (χ0n) is 10.1. The van der Waals surface area contributed by atoms with Gasteiger partial charge in [0.25, 0.3) is 0 Å². The van der Waals surface area contributed by atoms with Crippen LogP contribution in [0, 0.1) is 3.57 Å². The molecule has 0 aliphatic carbocycles. The molecule has 19 heavy (non-hydrogen) atoms. The Balaban J connectivity index is 2.11. The van der Waals surface area contributed by atoms with Gasteiger partial charge in [-0.2, -0.15) is 0 Å². The van der Waals surface area contributed by atoms with Crippen LogP contribution in [0.15, 0.2) is 53.5 Å². The zero-order valence-corrected chi connectivity index (χ0v) is 12.2. The molecule has 1 N–H and O–H groups in total. The van der Waals surface area contributed by atoms with Crippen LogP contribution in [0.2, 0.25) is 0 Å². The van der Waals surface area contributed by atoms with Crippen LogP contribution >= 0.6 is 22.6 Å². The number of nitrogens with one attached hydrogen (secondary N) is 1. The summed E-state index contributed by atoms with van der Waals surface area (Å²) >= 11 is 2.25. The fraction of sp³-hybridized carbons (Fsp3) is 0.0667. The first-order valence-corrected chi connectivity index (χ1v) is 7.03. The van der Waals surface area contributed by atoms with Crippen LogP contribution in [0.1, 0.15) is 12.0 Å². The van der Waals surface area contributed by atoms with E-state index < -0.39 is 0 Å². The van der Waals surface area contributed by atoms with E-state index in [0.717, 1.165) is 26.2 Å². The van der Waals surface area contributed by atoms with Crippen molar-refractivity contribution in [3.8, 4) is 0 Å². The SMILES string of the molecule is O=C1C/C(=N\c2ccccc2I)c2ccccc2N1. The molecule has 1 amide bonds. The quantitative estimate of drug-likeness (QED) is 0.772. The lowest BCUT2D eigenvalue weighted by molar-refractivity contribution is -0.115. The maximum atomic E-state index is 11.7. The van der Waals surface area contributed by atoms with E-state index in [0.29, 0.717) is 6.42 Å². The number of amides is 1. The molecule has 2 aromatic carbocycles. The van der Waals surface area contributed by atoms with Crippen LogP contribution in [-0.2, 0) is 4.79 Å². The van der Waals surface area contributed by atoms with Gasteiger partial charge >= 0.3 is 0 Å². The number of hydrogen-bond acceptors (Lipinski definition) is 2. The summed E-state index contributed by atoms with van der Waals surface area (Å²) in [6, 6.07) is 15.7. The molecule has 0 spiro atoms.